The lowest BCUT2D eigenvalue weighted by molar-refractivity contribution is -0.134. The Morgan fingerprint density at radius 3 is 2.70 bits per heavy atom. The van der Waals surface area contributed by atoms with Crippen LogP contribution in [0.4, 0.5) is 0 Å². The zero-order chi connectivity index (χ0) is 16.2. The fourth-order valence-electron chi connectivity index (χ4n) is 2.22. The van der Waals surface area contributed by atoms with Crippen molar-refractivity contribution < 1.29 is 13.9 Å². The van der Waals surface area contributed by atoms with E-state index >= 15 is 0 Å². The second-order valence-corrected chi connectivity index (χ2v) is 5.87. The highest BCUT2D eigenvalue weighted by Gasteiger charge is 2.08. The van der Waals surface area contributed by atoms with Gasteiger partial charge in [0.25, 0.3) is 0 Å². The predicted molar refractivity (Wildman–Crippen MR) is 90.6 cm³/mol. The van der Waals surface area contributed by atoms with Gasteiger partial charge in [0, 0.05) is 22.0 Å². The Morgan fingerprint density at radius 2 is 1.87 bits per heavy atom. The van der Waals surface area contributed by atoms with Crippen molar-refractivity contribution in [3.63, 3.8) is 0 Å². The number of benzene rings is 2. The van der Waals surface area contributed by atoms with Crippen LogP contribution >= 0.6 is 15.9 Å². The molecule has 0 saturated heterocycles. The highest BCUT2D eigenvalue weighted by Crippen LogP contribution is 2.21. The highest BCUT2D eigenvalue weighted by molar-refractivity contribution is 9.10. The molecule has 0 saturated carbocycles. The molecule has 3 rings (SSSR count). The van der Waals surface area contributed by atoms with E-state index in [0.29, 0.717) is 17.8 Å². The van der Waals surface area contributed by atoms with Gasteiger partial charge >= 0.3 is 11.6 Å². The Kier molecular flexibility index (Phi) is 4.57. The van der Waals surface area contributed by atoms with Crippen LogP contribution in [0, 0.1) is 0 Å². The number of carbonyl (C=O) groups is 1. The van der Waals surface area contributed by atoms with Crippen molar-refractivity contribution >= 4 is 32.9 Å². The molecule has 0 spiro atoms. The summed E-state index contributed by atoms with van der Waals surface area (Å²) in [5, 5.41) is 0.776. The molecule has 1 aromatic heterocycles. The fourth-order valence-corrected chi connectivity index (χ4v) is 2.71. The van der Waals surface area contributed by atoms with E-state index in [1.807, 2.05) is 24.3 Å². The molecule has 0 aliphatic carbocycles. The van der Waals surface area contributed by atoms with Gasteiger partial charge in [-0.3, -0.25) is 4.79 Å². The number of esters is 1. The lowest BCUT2D eigenvalue weighted by atomic mass is 10.1. The molecule has 0 amide bonds. The Morgan fingerprint density at radius 1 is 1.09 bits per heavy atom. The van der Waals surface area contributed by atoms with E-state index in [1.54, 1.807) is 24.3 Å². The number of fused-ring (bicyclic) bond motifs is 1. The summed E-state index contributed by atoms with van der Waals surface area (Å²) in [6.07, 6.45) is 0.850. The third-order valence-electron chi connectivity index (χ3n) is 3.38. The van der Waals surface area contributed by atoms with E-state index in [9.17, 15) is 9.59 Å². The van der Waals surface area contributed by atoms with E-state index < -0.39 is 5.63 Å². The van der Waals surface area contributed by atoms with E-state index in [1.165, 1.54) is 6.07 Å². The van der Waals surface area contributed by atoms with Gasteiger partial charge < -0.3 is 9.15 Å². The van der Waals surface area contributed by atoms with Gasteiger partial charge in [-0.25, -0.2) is 4.79 Å². The number of hydrogen-bond donors (Lipinski definition) is 0. The Balaban J connectivity index is 1.68. The second-order valence-electron chi connectivity index (χ2n) is 5.02. The van der Waals surface area contributed by atoms with Crippen molar-refractivity contribution in [1.29, 1.82) is 0 Å². The maximum absolute atomic E-state index is 12.0. The minimum absolute atomic E-state index is 0.263. The molecule has 0 aliphatic heterocycles. The summed E-state index contributed by atoms with van der Waals surface area (Å²) in [6.45, 7) is 0. The Hall–Kier alpha value is -2.40. The van der Waals surface area contributed by atoms with Crippen LogP contribution in [0.5, 0.6) is 5.75 Å². The number of aryl methyl sites for hydroxylation is 1. The predicted octanol–water partition coefficient (Wildman–Crippen LogP) is 4.09. The van der Waals surface area contributed by atoms with Crippen molar-refractivity contribution in [2.75, 3.05) is 0 Å². The molecule has 23 heavy (non-hydrogen) atoms. The largest absolute Gasteiger partial charge is 0.426 e. The third-order valence-corrected chi connectivity index (χ3v) is 4.16. The molecule has 4 nitrogen and oxygen atoms in total. The summed E-state index contributed by atoms with van der Waals surface area (Å²) < 4.78 is 11.4. The molecule has 3 aromatic rings. The molecule has 0 unspecified atom stereocenters. The average molecular weight is 373 g/mol. The lowest BCUT2D eigenvalue weighted by Gasteiger charge is -2.06. The molecule has 0 bridgehead atoms. The Labute approximate surface area is 140 Å². The van der Waals surface area contributed by atoms with Crippen LogP contribution < -0.4 is 10.4 Å². The number of rotatable bonds is 4. The summed E-state index contributed by atoms with van der Waals surface area (Å²) in [7, 11) is 0. The Bertz CT molecular complexity index is 914. The number of carbonyl (C=O) groups excluding carboxylic acids is 1. The van der Waals surface area contributed by atoms with Crippen LogP contribution in [0.2, 0.25) is 0 Å². The van der Waals surface area contributed by atoms with Crippen LogP contribution in [0.15, 0.2) is 68.3 Å². The fraction of sp³-hybridized carbons (Fsp3) is 0.111. The molecule has 2 aromatic carbocycles. The first-order valence-electron chi connectivity index (χ1n) is 7.10. The quantitative estimate of drug-likeness (QED) is 0.393. The first-order valence-corrected chi connectivity index (χ1v) is 7.89. The summed E-state index contributed by atoms with van der Waals surface area (Å²) in [5.74, 6) is 0.0300. The summed E-state index contributed by atoms with van der Waals surface area (Å²) >= 11 is 3.45. The molecule has 0 radical (unpaired) electrons. The summed E-state index contributed by atoms with van der Waals surface area (Å²) in [4.78, 5) is 23.2. The van der Waals surface area contributed by atoms with Crippen LogP contribution in [0.25, 0.3) is 11.0 Å². The van der Waals surface area contributed by atoms with Crippen molar-refractivity contribution in [3.8, 4) is 5.75 Å². The molecule has 5 heteroatoms. The zero-order valence-electron chi connectivity index (χ0n) is 12.1. The van der Waals surface area contributed by atoms with Gasteiger partial charge in [0.1, 0.15) is 11.3 Å². The maximum Gasteiger partial charge on any atom is 0.336 e. The van der Waals surface area contributed by atoms with Crippen molar-refractivity contribution in [2.24, 2.45) is 0 Å². The van der Waals surface area contributed by atoms with Gasteiger partial charge in [-0.2, -0.15) is 0 Å². The number of ether oxygens (including phenoxy) is 1. The van der Waals surface area contributed by atoms with Gasteiger partial charge in [-0.1, -0.05) is 34.1 Å². The number of hydrogen-bond acceptors (Lipinski definition) is 4. The molecule has 0 atom stereocenters. The third kappa shape index (κ3) is 3.87. The topological polar surface area (TPSA) is 56.5 Å². The highest BCUT2D eigenvalue weighted by atomic mass is 79.9. The standard InChI is InChI=1S/C18H13BrO4/c19-15-4-2-1-3-12(15)6-9-17(20)22-14-8-5-13-7-10-18(21)23-16(13)11-14/h1-5,7-8,10-11H,6,9H2. The lowest BCUT2D eigenvalue weighted by Crippen LogP contribution is -2.09. The normalized spacial score (nSPS) is 10.7. The van der Waals surface area contributed by atoms with E-state index in [2.05, 4.69) is 15.9 Å². The smallest absolute Gasteiger partial charge is 0.336 e. The van der Waals surface area contributed by atoms with Crippen molar-refractivity contribution in [1.82, 2.24) is 0 Å². The van der Waals surface area contributed by atoms with Gasteiger partial charge in [-0.05, 0) is 36.2 Å². The van der Waals surface area contributed by atoms with E-state index in [0.717, 1.165) is 15.4 Å². The van der Waals surface area contributed by atoms with E-state index in [4.69, 9.17) is 9.15 Å². The molecule has 116 valence electrons. The molecule has 0 aliphatic rings. The first kappa shape index (κ1) is 15.5. The van der Waals surface area contributed by atoms with Gasteiger partial charge in [-0.15, -0.1) is 0 Å². The second kappa shape index (κ2) is 6.79. The van der Waals surface area contributed by atoms with Crippen molar-refractivity contribution in [3.05, 3.63) is 75.1 Å². The minimum atomic E-state index is -0.435. The molecule has 0 fully saturated rings. The summed E-state index contributed by atoms with van der Waals surface area (Å²) in [6, 6.07) is 15.7. The van der Waals surface area contributed by atoms with E-state index in [-0.39, 0.29) is 12.4 Å². The molecule has 0 N–H and O–H groups in total. The van der Waals surface area contributed by atoms with Crippen LogP contribution in [0.1, 0.15) is 12.0 Å². The van der Waals surface area contributed by atoms with Crippen LogP contribution in [-0.2, 0) is 11.2 Å². The molecular weight excluding hydrogens is 360 g/mol. The monoisotopic (exact) mass is 372 g/mol. The van der Waals surface area contributed by atoms with Gasteiger partial charge in [0.2, 0.25) is 0 Å². The average Bonchev–Trinajstić information content (AvgIpc) is 2.54. The van der Waals surface area contributed by atoms with Crippen LogP contribution in [0.3, 0.4) is 0 Å². The van der Waals surface area contributed by atoms with Gasteiger partial charge in [0.05, 0.1) is 6.42 Å². The minimum Gasteiger partial charge on any atom is -0.426 e. The number of halogens is 1. The molecular formula is C18H13BrO4. The zero-order valence-corrected chi connectivity index (χ0v) is 13.7. The maximum atomic E-state index is 12.0. The SMILES string of the molecule is O=C(CCc1ccccc1Br)Oc1ccc2ccc(=O)oc2c1. The molecule has 1 heterocycles. The van der Waals surface area contributed by atoms with Crippen LogP contribution in [-0.4, -0.2) is 5.97 Å². The summed E-state index contributed by atoms with van der Waals surface area (Å²) in [5.41, 5.74) is 1.01. The van der Waals surface area contributed by atoms with Crippen molar-refractivity contribution in [2.45, 2.75) is 12.8 Å². The first-order chi connectivity index (χ1) is 11.1. The van der Waals surface area contributed by atoms with Gasteiger partial charge in [0.15, 0.2) is 0 Å².